The van der Waals surface area contributed by atoms with Gasteiger partial charge in [0, 0.05) is 32.0 Å². The van der Waals surface area contributed by atoms with Crippen LogP contribution in [0.15, 0.2) is 167 Å². The first-order valence-corrected chi connectivity index (χ1v) is 17.1. The van der Waals surface area contributed by atoms with Gasteiger partial charge in [0.05, 0.1) is 15.6 Å². The molecular formula is C44H28N2OS. The zero-order chi connectivity index (χ0) is 31.6. The molecule has 0 amide bonds. The highest BCUT2D eigenvalue weighted by molar-refractivity contribution is 7.17. The van der Waals surface area contributed by atoms with E-state index in [1.165, 1.54) is 53.2 Å². The normalized spacial score (nSPS) is 14.3. The molecule has 1 aliphatic heterocycles. The number of rotatable bonds is 4. The lowest BCUT2D eigenvalue weighted by molar-refractivity contribution is 0.640. The number of nitrogens with zero attached hydrogens (tertiary/aromatic N) is 1. The van der Waals surface area contributed by atoms with Gasteiger partial charge >= 0.3 is 0 Å². The summed E-state index contributed by atoms with van der Waals surface area (Å²) in [6.07, 6.45) is -0.319. The van der Waals surface area contributed by atoms with E-state index in [0.29, 0.717) is 0 Å². The Hall–Kier alpha value is -5.97. The van der Waals surface area contributed by atoms with E-state index in [9.17, 15) is 0 Å². The highest BCUT2D eigenvalue weighted by Crippen LogP contribution is 2.39. The van der Waals surface area contributed by atoms with Crippen molar-refractivity contribution in [3.8, 4) is 22.3 Å². The van der Waals surface area contributed by atoms with Gasteiger partial charge in [-0.1, -0.05) is 133 Å². The molecule has 226 valence electrons. The number of hydrogen-bond acceptors (Lipinski definition) is 4. The molecule has 0 saturated heterocycles. The minimum Gasteiger partial charge on any atom is -0.456 e. The zero-order valence-electron chi connectivity index (χ0n) is 25.9. The molecule has 4 heteroatoms. The van der Waals surface area contributed by atoms with E-state index in [4.69, 9.17) is 9.41 Å². The molecule has 0 spiro atoms. The summed E-state index contributed by atoms with van der Waals surface area (Å²) >= 11 is 1.80. The average molecular weight is 633 g/mol. The Kier molecular flexibility index (Phi) is 6.11. The van der Waals surface area contributed by atoms with Crippen LogP contribution in [0.25, 0.3) is 70.7 Å². The summed E-state index contributed by atoms with van der Waals surface area (Å²) in [6.45, 7) is 0. The molecule has 0 bridgehead atoms. The number of hydrogen-bond donors (Lipinski definition) is 1. The summed E-state index contributed by atoms with van der Waals surface area (Å²) in [6, 6.07) is 56.0. The van der Waals surface area contributed by atoms with Crippen LogP contribution < -0.4 is 15.2 Å². The molecule has 7 aromatic carbocycles. The van der Waals surface area contributed by atoms with Crippen molar-refractivity contribution in [2.75, 3.05) is 0 Å². The van der Waals surface area contributed by atoms with Crippen molar-refractivity contribution in [1.29, 1.82) is 0 Å². The quantitative estimate of drug-likeness (QED) is 0.210. The first-order chi connectivity index (χ1) is 23.8. The van der Waals surface area contributed by atoms with Gasteiger partial charge in [-0.3, -0.25) is 4.99 Å². The highest BCUT2D eigenvalue weighted by atomic mass is 32.1. The molecule has 1 unspecified atom stereocenters. The summed E-state index contributed by atoms with van der Waals surface area (Å²) in [5, 5.41) is 10.8. The number of furan rings is 1. The summed E-state index contributed by atoms with van der Waals surface area (Å²) in [7, 11) is 0. The molecule has 0 aliphatic carbocycles. The molecule has 1 atom stereocenters. The van der Waals surface area contributed by atoms with Gasteiger partial charge in [0.1, 0.15) is 17.3 Å². The Balaban J connectivity index is 1.21. The van der Waals surface area contributed by atoms with Crippen molar-refractivity contribution >= 4 is 59.8 Å². The Bertz CT molecular complexity index is 2820. The predicted octanol–water partition coefficient (Wildman–Crippen LogP) is 10.4. The molecule has 3 nitrogen and oxygen atoms in total. The maximum absolute atomic E-state index is 6.50. The fourth-order valence-corrected chi connectivity index (χ4v) is 8.51. The molecule has 2 aromatic heterocycles. The molecule has 1 N–H and O–H groups in total. The fourth-order valence-electron chi connectivity index (χ4n) is 7.34. The van der Waals surface area contributed by atoms with Crippen LogP contribution in [-0.4, -0.2) is 0 Å². The number of thiophene rings is 1. The van der Waals surface area contributed by atoms with E-state index < -0.39 is 0 Å². The summed E-state index contributed by atoms with van der Waals surface area (Å²) in [4.78, 5) is 5.48. The SMILES string of the molecule is c1ccc(-c2ccccc2C2=c3sc4ccccc4c3=NC(c3cccc4oc5ccc(-c6cccc7ccccc67)cc5c34)N2)cc1. The van der Waals surface area contributed by atoms with E-state index in [1.807, 2.05) is 0 Å². The van der Waals surface area contributed by atoms with Crippen LogP contribution in [0.2, 0.25) is 0 Å². The van der Waals surface area contributed by atoms with Gasteiger partial charge in [-0.15, -0.1) is 11.3 Å². The van der Waals surface area contributed by atoms with Crippen molar-refractivity contribution in [2.45, 2.75) is 6.17 Å². The first kappa shape index (κ1) is 27.2. The molecule has 1 aliphatic rings. The Labute approximate surface area is 280 Å². The lowest BCUT2D eigenvalue weighted by Gasteiger charge is -2.24. The van der Waals surface area contributed by atoms with Crippen molar-refractivity contribution < 1.29 is 4.42 Å². The van der Waals surface area contributed by atoms with Crippen LogP contribution in [0.5, 0.6) is 0 Å². The largest absolute Gasteiger partial charge is 0.456 e. The first-order valence-electron chi connectivity index (χ1n) is 16.2. The standard InChI is InChI=1S/C44H28N2OS/c1-2-12-27(13-3-1)31-17-6-7-18-33(31)41-43-42(34-19-8-9-23-39(34)48-43)46-44(45-41)35-21-11-22-38-40(35)36-26-29(24-25-37(36)47-38)32-20-10-15-28-14-4-5-16-30(28)32/h1-26,44-45H. The zero-order valence-corrected chi connectivity index (χ0v) is 26.7. The number of fused-ring (bicyclic) bond motifs is 7. The Morgan fingerprint density at radius 3 is 2.19 bits per heavy atom. The molecule has 48 heavy (non-hydrogen) atoms. The minimum atomic E-state index is -0.319. The lowest BCUT2D eigenvalue weighted by Crippen LogP contribution is -2.37. The lowest BCUT2D eigenvalue weighted by atomic mass is 9.95. The van der Waals surface area contributed by atoms with Gasteiger partial charge < -0.3 is 9.73 Å². The Morgan fingerprint density at radius 1 is 0.542 bits per heavy atom. The molecule has 3 heterocycles. The van der Waals surface area contributed by atoms with Gasteiger partial charge in [-0.2, -0.15) is 0 Å². The second kappa shape index (κ2) is 10.8. The molecule has 0 saturated carbocycles. The maximum Gasteiger partial charge on any atom is 0.146 e. The van der Waals surface area contributed by atoms with Crippen molar-refractivity contribution in [3.63, 3.8) is 0 Å². The third-order valence-corrected chi connectivity index (χ3v) is 10.7. The fraction of sp³-hybridized carbons (Fsp3) is 0.0227. The van der Waals surface area contributed by atoms with Crippen LogP contribution in [-0.2, 0) is 0 Å². The Morgan fingerprint density at radius 2 is 1.27 bits per heavy atom. The molecular weight excluding hydrogens is 605 g/mol. The summed E-state index contributed by atoms with van der Waals surface area (Å²) in [5.74, 6) is 0. The molecule has 10 rings (SSSR count). The average Bonchev–Trinajstić information content (AvgIpc) is 3.73. The van der Waals surface area contributed by atoms with E-state index in [2.05, 4.69) is 163 Å². The maximum atomic E-state index is 6.50. The van der Waals surface area contributed by atoms with Gasteiger partial charge in [-0.05, 0) is 57.3 Å². The smallest absolute Gasteiger partial charge is 0.146 e. The minimum absolute atomic E-state index is 0.319. The van der Waals surface area contributed by atoms with E-state index in [1.54, 1.807) is 11.3 Å². The van der Waals surface area contributed by atoms with Crippen LogP contribution in [0.1, 0.15) is 17.3 Å². The molecule has 9 aromatic rings. The second-order valence-corrected chi connectivity index (χ2v) is 13.4. The van der Waals surface area contributed by atoms with E-state index in [0.717, 1.165) is 38.6 Å². The third-order valence-electron chi connectivity index (χ3n) is 9.54. The predicted molar refractivity (Wildman–Crippen MR) is 200 cm³/mol. The van der Waals surface area contributed by atoms with Crippen LogP contribution in [0.4, 0.5) is 0 Å². The van der Waals surface area contributed by atoms with E-state index in [-0.39, 0.29) is 6.17 Å². The number of nitrogens with one attached hydrogen (secondary N) is 1. The van der Waals surface area contributed by atoms with Crippen LogP contribution in [0.3, 0.4) is 0 Å². The van der Waals surface area contributed by atoms with Crippen molar-refractivity contribution in [3.05, 3.63) is 179 Å². The third kappa shape index (κ3) is 4.23. The topological polar surface area (TPSA) is 37.5 Å². The summed E-state index contributed by atoms with van der Waals surface area (Å²) < 4.78 is 8.90. The van der Waals surface area contributed by atoms with Gasteiger partial charge in [0.15, 0.2) is 0 Å². The van der Waals surface area contributed by atoms with Gasteiger partial charge in [-0.25, -0.2) is 0 Å². The van der Waals surface area contributed by atoms with Crippen molar-refractivity contribution in [2.24, 2.45) is 4.99 Å². The second-order valence-electron chi connectivity index (χ2n) is 12.3. The molecule has 0 fully saturated rings. The highest BCUT2D eigenvalue weighted by Gasteiger charge is 2.25. The van der Waals surface area contributed by atoms with E-state index >= 15 is 0 Å². The monoisotopic (exact) mass is 632 g/mol. The van der Waals surface area contributed by atoms with Crippen molar-refractivity contribution in [1.82, 2.24) is 5.32 Å². The molecule has 0 radical (unpaired) electrons. The summed E-state index contributed by atoms with van der Waals surface area (Å²) in [5.41, 5.74) is 9.86. The van der Waals surface area contributed by atoms with Gasteiger partial charge in [0.25, 0.3) is 0 Å². The number of benzene rings is 7. The van der Waals surface area contributed by atoms with Crippen LogP contribution >= 0.6 is 11.3 Å². The van der Waals surface area contributed by atoms with Crippen LogP contribution in [0, 0.1) is 0 Å². The van der Waals surface area contributed by atoms with Gasteiger partial charge in [0.2, 0.25) is 0 Å².